The van der Waals surface area contributed by atoms with Crippen LogP contribution in [0.2, 0.25) is 0 Å². The maximum atomic E-state index is 12.6. The third-order valence-electron chi connectivity index (χ3n) is 6.97. The number of piperidine rings is 1. The lowest BCUT2D eigenvalue weighted by Gasteiger charge is -2.32. The number of likely N-dealkylation sites (tertiary alicyclic amines) is 1. The monoisotopic (exact) mass is 525 g/mol. The molecule has 1 fully saturated rings. The second-order valence-electron chi connectivity index (χ2n) is 9.80. The number of nitrogens with two attached hydrogens (primary N) is 1. The molecule has 0 aliphatic carbocycles. The van der Waals surface area contributed by atoms with E-state index in [1.807, 2.05) is 12.1 Å². The fourth-order valence-corrected chi connectivity index (χ4v) is 4.77. The Kier molecular flexibility index (Phi) is 9.72. The first-order chi connectivity index (χ1) is 18.5. The molecule has 2 aromatic heterocycles. The number of rotatable bonds is 13. The van der Waals surface area contributed by atoms with Crippen LogP contribution in [-0.4, -0.2) is 69.8 Å². The molecular formula is C27H39N7O4. The zero-order valence-corrected chi connectivity index (χ0v) is 22.4. The molecule has 3 heterocycles. The van der Waals surface area contributed by atoms with Gasteiger partial charge in [-0.15, -0.1) is 0 Å². The van der Waals surface area contributed by atoms with E-state index in [1.54, 1.807) is 4.57 Å². The number of unbranched alkanes of at least 4 members (excludes halogenated alkanes) is 1. The number of H-pyrrole nitrogens is 1. The van der Waals surface area contributed by atoms with Gasteiger partial charge in [0.1, 0.15) is 5.52 Å². The van der Waals surface area contributed by atoms with E-state index < -0.39 is 0 Å². The van der Waals surface area contributed by atoms with Crippen molar-refractivity contribution >= 4 is 23.0 Å². The van der Waals surface area contributed by atoms with E-state index in [4.69, 9.17) is 15.2 Å². The number of aryl methyl sites for hydroxylation is 1. The molecule has 3 aromatic rings. The van der Waals surface area contributed by atoms with Crippen LogP contribution in [0.5, 0.6) is 6.01 Å². The molecule has 1 aromatic carbocycles. The highest BCUT2D eigenvalue weighted by atomic mass is 16.5. The summed E-state index contributed by atoms with van der Waals surface area (Å²) in [4.78, 5) is 37.9. The molecule has 11 heteroatoms. The number of methoxy groups -OCH3 is 1. The van der Waals surface area contributed by atoms with Crippen molar-refractivity contribution in [1.29, 1.82) is 0 Å². The molecule has 11 nitrogen and oxygen atoms in total. The minimum absolute atomic E-state index is 0.209. The Labute approximate surface area is 222 Å². The van der Waals surface area contributed by atoms with Crippen molar-refractivity contribution in [3.8, 4) is 6.01 Å². The lowest BCUT2D eigenvalue weighted by Crippen LogP contribution is -2.42. The number of fused-ring (bicyclic) bond motifs is 1. The van der Waals surface area contributed by atoms with Gasteiger partial charge in [-0.25, -0.2) is 4.79 Å². The molecule has 0 radical (unpaired) electrons. The van der Waals surface area contributed by atoms with Crippen LogP contribution in [0, 0.1) is 0 Å². The fourth-order valence-electron chi connectivity index (χ4n) is 4.77. The molecule has 0 spiro atoms. The SMILES string of the molecule is CCCCOc1nc(N)c2[nH]c(=O)n(CCCN3CCC(NCc4cccc(CC(=O)OC)c4)CC3)c2n1. The maximum Gasteiger partial charge on any atom is 0.327 e. The summed E-state index contributed by atoms with van der Waals surface area (Å²) >= 11 is 0. The standard InChI is InChI=1S/C27H39N7O4/c1-3-4-15-38-26-31-24(28)23-25(32-26)34(27(36)30-23)12-6-11-33-13-9-21(10-14-33)29-18-20-8-5-7-19(16-20)17-22(35)37-2/h5,7-8,16,21,29H,3-4,6,9-15,17-18H2,1-2H3,(H,30,36)(H2,28,31,32). The summed E-state index contributed by atoms with van der Waals surface area (Å²) < 4.78 is 12.0. The predicted octanol–water partition coefficient (Wildman–Crippen LogP) is 2.24. The number of benzene rings is 1. The normalized spacial score (nSPS) is 14.7. The molecule has 4 N–H and O–H groups in total. The second-order valence-corrected chi connectivity index (χ2v) is 9.80. The number of ether oxygens (including phenoxy) is 2. The molecular weight excluding hydrogens is 486 g/mol. The molecule has 4 rings (SSSR count). The van der Waals surface area contributed by atoms with Gasteiger partial charge in [-0.2, -0.15) is 9.97 Å². The van der Waals surface area contributed by atoms with Gasteiger partial charge in [0.2, 0.25) is 0 Å². The number of carbonyl (C=O) groups is 1. The molecule has 0 saturated carbocycles. The van der Waals surface area contributed by atoms with Gasteiger partial charge in [0.15, 0.2) is 11.5 Å². The van der Waals surface area contributed by atoms with Crippen LogP contribution >= 0.6 is 0 Å². The van der Waals surface area contributed by atoms with E-state index in [1.165, 1.54) is 12.7 Å². The number of hydrogen-bond donors (Lipinski definition) is 3. The highest BCUT2D eigenvalue weighted by molar-refractivity contribution is 5.81. The average molecular weight is 526 g/mol. The summed E-state index contributed by atoms with van der Waals surface area (Å²) in [6.07, 6.45) is 5.16. The number of nitrogens with one attached hydrogen (secondary N) is 2. The number of anilines is 1. The van der Waals surface area contributed by atoms with Crippen LogP contribution in [0.3, 0.4) is 0 Å². The largest absolute Gasteiger partial charge is 0.469 e. The molecule has 38 heavy (non-hydrogen) atoms. The summed E-state index contributed by atoms with van der Waals surface area (Å²) in [5.74, 6) is -0.00209. The number of imidazole rings is 1. The number of esters is 1. The maximum absolute atomic E-state index is 12.6. The summed E-state index contributed by atoms with van der Waals surface area (Å²) in [7, 11) is 1.41. The van der Waals surface area contributed by atoms with Crippen LogP contribution < -0.4 is 21.5 Å². The van der Waals surface area contributed by atoms with Crippen LogP contribution in [0.1, 0.15) is 50.2 Å². The van der Waals surface area contributed by atoms with Gasteiger partial charge < -0.3 is 30.4 Å². The summed E-state index contributed by atoms with van der Waals surface area (Å²) in [6.45, 7) is 6.84. The van der Waals surface area contributed by atoms with Crippen molar-refractivity contribution in [3.63, 3.8) is 0 Å². The number of nitrogen functional groups attached to an aromatic ring is 1. The molecule has 0 bridgehead atoms. The Balaban J connectivity index is 1.23. The van der Waals surface area contributed by atoms with Gasteiger partial charge in [0.05, 0.1) is 20.1 Å². The van der Waals surface area contributed by atoms with E-state index in [9.17, 15) is 9.59 Å². The van der Waals surface area contributed by atoms with Crippen molar-refractivity contribution in [1.82, 2.24) is 29.7 Å². The lowest BCUT2D eigenvalue weighted by atomic mass is 10.0. The molecule has 206 valence electrons. The van der Waals surface area contributed by atoms with E-state index in [0.29, 0.717) is 36.8 Å². The minimum atomic E-state index is -0.231. The Morgan fingerprint density at radius 1 is 1.18 bits per heavy atom. The van der Waals surface area contributed by atoms with Crippen molar-refractivity contribution in [2.45, 2.75) is 64.6 Å². The Hall–Kier alpha value is -3.44. The lowest BCUT2D eigenvalue weighted by molar-refractivity contribution is -0.139. The first kappa shape index (κ1) is 27.6. The molecule has 1 aliphatic rings. The fraction of sp³-hybridized carbons (Fsp3) is 0.556. The summed E-state index contributed by atoms with van der Waals surface area (Å²) in [5.41, 5.74) is 8.90. The van der Waals surface area contributed by atoms with Crippen molar-refractivity contribution in [3.05, 3.63) is 45.9 Å². The molecule has 0 amide bonds. The quantitative estimate of drug-likeness (QED) is 0.226. The number of nitrogens with zero attached hydrogens (tertiary/aromatic N) is 4. The van der Waals surface area contributed by atoms with Crippen molar-refractivity contribution < 1.29 is 14.3 Å². The van der Waals surface area contributed by atoms with E-state index in [2.05, 4.69) is 44.2 Å². The highest BCUT2D eigenvalue weighted by Gasteiger charge is 2.19. The first-order valence-corrected chi connectivity index (χ1v) is 13.5. The zero-order valence-electron chi connectivity index (χ0n) is 22.4. The van der Waals surface area contributed by atoms with Gasteiger partial charge in [0, 0.05) is 19.1 Å². The van der Waals surface area contributed by atoms with Crippen LogP contribution in [0.4, 0.5) is 5.82 Å². The molecule has 0 unspecified atom stereocenters. The highest BCUT2D eigenvalue weighted by Crippen LogP contribution is 2.18. The summed E-state index contributed by atoms with van der Waals surface area (Å²) in [6, 6.07) is 8.74. The second kappa shape index (κ2) is 13.4. The van der Waals surface area contributed by atoms with E-state index in [0.717, 1.165) is 63.8 Å². The van der Waals surface area contributed by atoms with Crippen molar-refractivity contribution in [2.75, 3.05) is 39.1 Å². The van der Waals surface area contributed by atoms with Gasteiger partial charge in [-0.05, 0) is 56.4 Å². The predicted molar refractivity (Wildman–Crippen MR) is 146 cm³/mol. The number of aromatic nitrogens is 4. The topological polar surface area (TPSA) is 140 Å². The molecule has 1 aliphatic heterocycles. The third kappa shape index (κ3) is 7.32. The van der Waals surface area contributed by atoms with Gasteiger partial charge >= 0.3 is 17.7 Å². The molecule has 1 saturated heterocycles. The summed E-state index contributed by atoms with van der Waals surface area (Å²) in [5, 5.41) is 3.66. The average Bonchev–Trinajstić information content (AvgIpc) is 3.24. The number of carbonyl (C=O) groups excluding carboxylic acids is 1. The van der Waals surface area contributed by atoms with Crippen LogP contribution in [-0.2, 0) is 29.0 Å². The molecule has 0 atom stereocenters. The van der Waals surface area contributed by atoms with Crippen molar-refractivity contribution in [2.24, 2.45) is 0 Å². The smallest absolute Gasteiger partial charge is 0.327 e. The number of aromatic amines is 1. The van der Waals surface area contributed by atoms with E-state index in [-0.39, 0.29) is 23.5 Å². The zero-order chi connectivity index (χ0) is 26.9. The Morgan fingerprint density at radius 2 is 1.97 bits per heavy atom. The Bertz CT molecular complexity index is 1260. The third-order valence-corrected chi connectivity index (χ3v) is 6.97. The first-order valence-electron chi connectivity index (χ1n) is 13.5. The minimum Gasteiger partial charge on any atom is -0.469 e. The van der Waals surface area contributed by atoms with Crippen LogP contribution in [0.25, 0.3) is 11.2 Å². The van der Waals surface area contributed by atoms with Gasteiger partial charge in [-0.3, -0.25) is 9.36 Å². The van der Waals surface area contributed by atoms with Gasteiger partial charge in [0.25, 0.3) is 0 Å². The number of hydrogen-bond acceptors (Lipinski definition) is 9. The van der Waals surface area contributed by atoms with Gasteiger partial charge in [-0.1, -0.05) is 37.6 Å². The van der Waals surface area contributed by atoms with Crippen LogP contribution in [0.15, 0.2) is 29.1 Å². The van der Waals surface area contributed by atoms with E-state index >= 15 is 0 Å². The Morgan fingerprint density at radius 3 is 2.74 bits per heavy atom.